The normalized spacial score (nSPS) is 14.1. The maximum absolute atomic E-state index is 12.8. The van der Waals surface area contributed by atoms with Gasteiger partial charge in [-0.3, -0.25) is 29.4 Å². The Balaban J connectivity index is 1.69. The first-order valence-electron chi connectivity index (χ1n) is 11.7. The molecule has 2 aromatic rings. The highest BCUT2D eigenvalue weighted by molar-refractivity contribution is 8.18. The molecule has 0 aromatic heterocycles. The van der Waals surface area contributed by atoms with Gasteiger partial charge in [-0.1, -0.05) is 31.0 Å². The van der Waals surface area contributed by atoms with Gasteiger partial charge in [0.1, 0.15) is 6.54 Å². The third-order valence-electron chi connectivity index (χ3n) is 5.20. The Morgan fingerprint density at radius 2 is 2.03 bits per heavy atom. The minimum absolute atomic E-state index is 0.00135. The quantitative estimate of drug-likeness (QED) is 0.0860. The maximum atomic E-state index is 12.8. The van der Waals surface area contributed by atoms with Gasteiger partial charge < -0.3 is 15.2 Å². The zero-order chi connectivity index (χ0) is 28.5. The lowest BCUT2D eigenvalue weighted by molar-refractivity contribution is -0.387. The van der Waals surface area contributed by atoms with Gasteiger partial charge in [0.25, 0.3) is 16.8 Å². The summed E-state index contributed by atoms with van der Waals surface area (Å²) in [7, 11) is 0. The number of imide groups is 1. The van der Waals surface area contributed by atoms with Gasteiger partial charge in [0, 0.05) is 17.5 Å². The molecule has 1 aliphatic heterocycles. The largest absolute Gasteiger partial charge is 0.462 e. The number of aliphatic hydroxyl groups is 1. The number of unbranched alkanes of at least 4 members (excludes halogenated alkanes) is 1. The smallest absolute Gasteiger partial charge is 0.339 e. The fourth-order valence-corrected chi connectivity index (χ4v) is 5.11. The number of ether oxygens (including phenoxy) is 1. The van der Waals surface area contributed by atoms with Crippen molar-refractivity contribution in [3.05, 3.63) is 67.6 Å². The van der Waals surface area contributed by atoms with Gasteiger partial charge in [0.05, 0.1) is 38.5 Å². The highest BCUT2D eigenvalue weighted by Gasteiger charge is 2.36. The number of esters is 1. The molecule has 0 atom stereocenters. The van der Waals surface area contributed by atoms with Gasteiger partial charge in [-0.15, -0.1) is 11.8 Å². The summed E-state index contributed by atoms with van der Waals surface area (Å²) in [6.07, 6.45) is 2.88. The van der Waals surface area contributed by atoms with E-state index in [2.05, 4.69) is 5.32 Å². The van der Waals surface area contributed by atoms with Crippen LogP contribution >= 0.6 is 35.1 Å². The summed E-state index contributed by atoms with van der Waals surface area (Å²) in [4.78, 5) is 62.2. The molecule has 1 heterocycles. The van der Waals surface area contributed by atoms with E-state index >= 15 is 0 Å². The summed E-state index contributed by atoms with van der Waals surface area (Å²) in [5.74, 6) is -1.77. The van der Waals surface area contributed by atoms with Gasteiger partial charge in [-0.05, 0) is 54.1 Å². The van der Waals surface area contributed by atoms with E-state index in [0.29, 0.717) is 28.6 Å². The first kappa shape index (κ1) is 30.2. The molecule has 39 heavy (non-hydrogen) atoms. The van der Waals surface area contributed by atoms with E-state index in [1.54, 1.807) is 6.07 Å². The molecule has 2 N–H and O–H groups in total. The third kappa shape index (κ3) is 8.05. The van der Waals surface area contributed by atoms with Crippen molar-refractivity contribution in [1.82, 2.24) is 4.90 Å². The van der Waals surface area contributed by atoms with Crippen molar-refractivity contribution in [3.63, 3.8) is 0 Å². The van der Waals surface area contributed by atoms with Crippen molar-refractivity contribution in [3.8, 4) is 0 Å². The molecule has 3 rings (SSSR count). The topological polar surface area (TPSA) is 156 Å². The van der Waals surface area contributed by atoms with Crippen LogP contribution in [0.4, 0.5) is 16.2 Å². The second-order valence-electron chi connectivity index (χ2n) is 8.06. The lowest BCUT2D eigenvalue weighted by Crippen LogP contribution is -2.36. The Labute approximate surface area is 237 Å². The average molecular weight is 594 g/mol. The summed E-state index contributed by atoms with van der Waals surface area (Å²) < 4.78 is 5.16. The minimum Gasteiger partial charge on any atom is -0.462 e. The molecule has 0 radical (unpaired) electrons. The Bertz CT molecular complexity index is 1330. The SMILES string of the molecule is CCCCOC(=O)c1cc(NC(=O)CN2C(=O)S/C(=C\c3ccc(SCCO)c([N+](=O)[O-])c3)C2=O)ccc1Cl. The predicted octanol–water partition coefficient (Wildman–Crippen LogP) is 4.96. The van der Waals surface area contributed by atoms with Crippen LogP contribution in [0.2, 0.25) is 5.02 Å². The summed E-state index contributed by atoms with van der Waals surface area (Å²) >= 11 is 7.81. The van der Waals surface area contributed by atoms with Crippen molar-refractivity contribution in [2.24, 2.45) is 0 Å². The molecule has 14 heteroatoms. The number of halogens is 1. The van der Waals surface area contributed by atoms with Crippen LogP contribution in [0.5, 0.6) is 0 Å². The van der Waals surface area contributed by atoms with Crippen molar-refractivity contribution in [1.29, 1.82) is 0 Å². The van der Waals surface area contributed by atoms with E-state index in [-0.39, 0.29) is 45.8 Å². The number of nitro benzene ring substituents is 1. The number of hydrogen-bond donors (Lipinski definition) is 2. The van der Waals surface area contributed by atoms with E-state index in [1.807, 2.05) is 6.92 Å². The van der Waals surface area contributed by atoms with E-state index < -0.39 is 34.5 Å². The number of amides is 3. The number of thioether (sulfide) groups is 2. The first-order chi connectivity index (χ1) is 18.6. The van der Waals surface area contributed by atoms with Crippen LogP contribution in [0.15, 0.2) is 46.2 Å². The van der Waals surface area contributed by atoms with E-state index in [4.69, 9.17) is 21.4 Å². The second-order valence-corrected chi connectivity index (χ2v) is 10.6. The number of aliphatic hydroxyl groups excluding tert-OH is 1. The van der Waals surface area contributed by atoms with Crippen LogP contribution in [-0.2, 0) is 14.3 Å². The number of nitrogens with one attached hydrogen (secondary N) is 1. The second kappa shape index (κ2) is 14.1. The monoisotopic (exact) mass is 593 g/mol. The summed E-state index contributed by atoms with van der Waals surface area (Å²) in [5, 5.41) is 22.4. The molecule has 0 aliphatic carbocycles. The van der Waals surface area contributed by atoms with E-state index in [9.17, 15) is 29.3 Å². The average Bonchev–Trinajstić information content (AvgIpc) is 3.16. The number of hydrogen-bond acceptors (Lipinski definition) is 10. The zero-order valence-corrected chi connectivity index (χ0v) is 23.1. The van der Waals surface area contributed by atoms with Crippen molar-refractivity contribution >= 4 is 75.6 Å². The van der Waals surface area contributed by atoms with Gasteiger partial charge in [-0.25, -0.2) is 4.79 Å². The molecule has 1 saturated heterocycles. The molecule has 0 unspecified atom stereocenters. The van der Waals surface area contributed by atoms with Crippen molar-refractivity contribution in [2.75, 3.05) is 30.8 Å². The molecular formula is C25H24ClN3O8S2. The molecular weight excluding hydrogens is 570 g/mol. The fourth-order valence-electron chi connectivity index (χ4n) is 3.32. The first-order valence-corrected chi connectivity index (χ1v) is 13.9. The van der Waals surface area contributed by atoms with Gasteiger partial charge in [-0.2, -0.15) is 0 Å². The molecule has 2 aromatic carbocycles. The predicted molar refractivity (Wildman–Crippen MR) is 149 cm³/mol. The third-order valence-corrected chi connectivity index (χ3v) is 7.48. The summed E-state index contributed by atoms with van der Waals surface area (Å²) in [6, 6.07) is 8.56. The maximum Gasteiger partial charge on any atom is 0.339 e. The van der Waals surface area contributed by atoms with Crippen LogP contribution in [0.3, 0.4) is 0 Å². The van der Waals surface area contributed by atoms with E-state index in [1.165, 1.54) is 36.4 Å². The lowest BCUT2D eigenvalue weighted by Gasteiger charge is -2.13. The molecule has 1 fully saturated rings. The van der Waals surface area contributed by atoms with Gasteiger partial charge in [0.15, 0.2) is 0 Å². The number of benzene rings is 2. The van der Waals surface area contributed by atoms with E-state index in [0.717, 1.165) is 23.1 Å². The molecule has 0 bridgehead atoms. The highest BCUT2D eigenvalue weighted by atomic mass is 35.5. The van der Waals surface area contributed by atoms with Gasteiger partial charge >= 0.3 is 5.97 Å². The molecule has 11 nitrogen and oxygen atoms in total. The standard InChI is InChI=1S/C25H24ClN3O8S2/c1-2-3-9-37-24(33)17-13-16(5-6-18(17)26)27-22(31)14-28-23(32)21(39-25(28)34)12-15-4-7-20(38-10-8-30)19(11-15)29(35)36/h4-7,11-13,30H,2-3,8-10,14H2,1H3,(H,27,31)/b21-12-. The number of rotatable bonds is 12. The van der Waals surface area contributed by atoms with Crippen LogP contribution in [0.1, 0.15) is 35.7 Å². The molecule has 0 saturated carbocycles. The number of anilines is 1. The Morgan fingerprint density at radius 1 is 1.26 bits per heavy atom. The number of carbonyl (C=O) groups excluding carboxylic acids is 4. The number of nitro groups is 1. The molecule has 3 amide bonds. The van der Waals surface area contributed by atoms with Crippen LogP contribution in [0, 0.1) is 10.1 Å². The minimum atomic E-state index is -0.724. The lowest BCUT2D eigenvalue weighted by atomic mass is 10.2. The molecule has 206 valence electrons. The highest BCUT2D eigenvalue weighted by Crippen LogP contribution is 2.35. The van der Waals surface area contributed by atoms with Crippen LogP contribution < -0.4 is 5.32 Å². The summed E-state index contributed by atoms with van der Waals surface area (Å²) in [5.41, 5.74) is 0.414. The van der Waals surface area contributed by atoms with Crippen LogP contribution in [0.25, 0.3) is 6.08 Å². The molecule has 0 spiro atoms. The number of nitrogens with zero attached hydrogens (tertiary/aromatic N) is 2. The molecule has 1 aliphatic rings. The Morgan fingerprint density at radius 3 is 2.72 bits per heavy atom. The van der Waals surface area contributed by atoms with Gasteiger partial charge in [0.2, 0.25) is 5.91 Å². The Hall–Kier alpha value is -3.39. The zero-order valence-electron chi connectivity index (χ0n) is 20.7. The summed E-state index contributed by atoms with van der Waals surface area (Å²) in [6.45, 7) is 1.45. The Kier molecular flexibility index (Phi) is 10.9. The van der Waals surface area contributed by atoms with Crippen LogP contribution in [-0.4, -0.2) is 63.5 Å². The van der Waals surface area contributed by atoms with Crippen molar-refractivity contribution in [2.45, 2.75) is 24.7 Å². The fraction of sp³-hybridized carbons (Fsp3) is 0.280. The number of carbonyl (C=O) groups is 4. The van der Waals surface area contributed by atoms with Crippen molar-refractivity contribution < 1.29 is 33.9 Å².